The molecule has 2 aromatic carbocycles. The maximum atomic E-state index is 12.2. The molecule has 4 rings (SSSR count). The molecule has 184 valence electrons. The SMILES string of the molecule is CC(=O)N(CCOC(=O)NC(C)(C)C)Cc1cccc(-c2ccc3ncnc(NC4CC4)c3c2)c1. The molecule has 2 amide bonds. The predicted molar refractivity (Wildman–Crippen MR) is 137 cm³/mol. The smallest absolute Gasteiger partial charge is 0.407 e. The van der Waals surface area contributed by atoms with Gasteiger partial charge in [-0.3, -0.25) is 4.79 Å². The lowest BCUT2D eigenvalue weighted by Gasteiger charge is -2.23. The molecule has 35 heavy (non-hydrogen) atoms. The average Bonchev–Trinajstić information content (AvgIpc) is 3.61. The number of rotatable bonds is 8. The minimum atomic E-state index is -0.487. The molecule has 3 aromatic rings. The minimum Gasteiger partial charge on any atom is -0.448 e. The summed E-state index contributed by atoms with van der Waals surface area (Å²) in [4.78, 5) is 34.7. The van der Waals surface area contributed by atoms with Crippen LogP contribution in [-0.4, -0.2) is 51.6 Å². The van der Waals surface area contributed by atoms with Gasteiger partial charge < -0.3 is 20.3 Å². The predicted octanol–water partition coefficient (Wildman–Crippen LogP) is 4.74. The number of carbonyl (C=O) groups is 2. The van der Waals surface area contributed by atoms with Gasteiger partial charge in [0.1, 0.15) is 18.8 Å². The Morgan fingerprint density at radius 2 is 1.86 bits per heavy atom. The van der Waals surface area contributed by atoms with E-state index in [0.717, 1.165) is 33.4 Å². The van der Waals surface area contributed by atoms with E-state index in [1.165, 1.54) is 19.8 Å². The van der Waals surface area contributed by atoms with E-state index < -0.39 is 6.09 Å². The van der Waals surface area contributed by atoms with Crippen LogP contribution in [0.25, 0.3) is 22.0 Å². The molecule has 1 heterocycles. The zero-order valence-corrected chi connectivity index (χ0v) is 20.8. The summed E-state index contributed by atoms with van der Waals surface area (Å²) in [6, 6.07) is 14.8. The van der Waals surface area contributed by atoms with Crippen molar-refractivity contribution >= 4 is 28.7 Å². The molecule has 2 N–H and O–H groups in total. The number of aromatic nitrogens is 2. The first-order valence-corrected chi connectivity index (χ1v) is 12.0. The number of nitrogens with one attached hydrogen (secondary N) is 2. The Hall–Kier alpha value is -3.68. The van der Waals surface area contributed by atoms with Crippen molar-refractivity contribution in [3.63, 3.8) is 0 Å². The summed E-state index contributed by atoms with van der Waals surface area (Å²) in [6.07, 6.45) is 3.46. The maximum Gasteiger partial charge on any atom is 0.407 e. The van der Waals surface area contributed by atoms with Crippen molar-refractivity contribution in [3.05, 3.63) is 54.4 Å². The summed E-state index contributed by atoms with van der Waals surface area (Å²) >= 11 is 0. The van der Waals surface area contributed by atoms with Crippen LogP contribution >= 0.6 is 0 Å². The number of carbonyl (C=O) groups excluding carboxylic acids is 2. The van der Waals surface area contributed by atoms with Gasteiger partial charge in [0.05, 0.1) is 12.1 Å². The number of alkyl carbamates (subject to hydrolysis) is 1. The molecule has 1 fully saturated rings. The summed E-state index contributed by atoms with van der Waals surface area (Å²) < 4.78 is 5.25. The van der Waals surface area contributed by atoms with Gasteiger partial charge in [-0.2, -0.15) is 0 Å². The van der Waals surface area contributed by atoms with Crippen LogP contribution in [0.2, 0.25) is 0 Å². The largest absolute Gasteiger partial charge is 0.448 e. The Morgan fingerprint density at radius 1 is 1.09 bits per heavy atom. The van der Waals surface area contributed by atoms with Gasteiger partial charge >= 0.3 is 6.09 Å². The molecule has 8 heteroatoms. The fraction of sp³-hybridized carbons (Fsp3) is 0.407. The number of ether oxygens (including phenoxy) is 1. The number of hydrogen-bond donors (Lipinski definition) is 2. The Morgan fingerprint density at radius 3 is 2.57 bits per heavy atom. The highest BCUT2D eigenvalue weighted by Crippen LogP contribution is 2.31. The molecule has 0 atom stereocenters. The van der Waals surface area contributed by atoms with E-state index in [-0.39, 0.29) is 18.1 Å². The molecule has 0 radical (unpaired) electrons. The second-order valence-corrected chi connectivity index (χ2v) is 10.0. The van der Waals surface area contributed by atoms with Crippen molar-refractivity contribution in [1.29, 1.82) is 0 Å². The Bertz CT molecular complexity index is 1220. The third-order valence-electron chi connectivity index (χ3n) is 5.70. The number of fused-ring (bicyclic) bond motifs is 1. The zero-order valence-electron chi connectivity index (χ0n) is 20.8. The standard InChI is InChI=1S/C27H33N5O3/c1-18(33)32(12-13-35-26(34)31-27(2,3)4)16-19-6-5-7-20(14-19)21-8-11-24-23(15-21)25(29-17-28-24)30-22-9-10-22/h5-8,11,14-15,17,22H,9-10,12-13,16H2,1-4H3,(H,31,34)(H,28,29,30). The van der Waals surface area contributed by atoms with Gasteiger partial charge in [-0.15, -0.1) is 0 Å². The van der Waals surface area contributed by atoms with Crippen LogP contribution in [0.1, 0.15) is 46.1 Å². The van der Waals surface area contributed by atoms with Gasteiger partial charge in [-0.25, -0.2) is 14.8 Å². The molecule has 0 saturated heterocycles. The van der Waals surface area contributed by atoms with Gasteiger partial charge in [0.2, 0.25) is 5.91 Å². The monoisotopic (exact) mass is 475 g/mol. The van der Waals surface area contributed by atoms with Crippen LogP contribution in [0.5, 0.6) is 0 Å². The Labute approximate surface area is 206 Å². The summed E-state index contributed by atoms with van der Waals surface area (Å²) in [5, 5.41) is 7.24. The summed E-state index contributed by atoms with van der Waals surface area (Å²) in [5.41, 5.74) is 3.64. The summed E-state index contributed by atoms with van der Waals surface area (Å²) in [7, 11) is 0. The van der Waals surface area contributed by atoms with E-state index in [4.69, 9.17) is 4.74 Å². The molecular weight excluding hydrogens is 442 g/mol. The van der Waals surface area contributed by atoms with Gasteiger partial charge in [-0.1, -0.05) is 24.3 Å². The minimum absolute atomic E-state index is 0.0751. The number of anilines is 1. The maximum absolute atomic E-state index is 12.2. The van der Waals surface area contributed by atoms with Crippen LogP contribution in [0.3, 0.4) is 0 Å². The van der Waals surface area contributed by atoms with E-state index in [1.54, 1.807) is 11.2 Å². The lowest BCUT2D eigenvalue weighted by molar-refractivity contribution is -0.130. The number of hydrogen-bond acceptors (Lipinski definition) is 6. The molecule has 8 nitrogen and oxygen atoms in total. The first-order chi connectivity index (χ1) is 16.7. The highest BCUT2D eigenvalue weighted by molar-refractivity contribution is 5.92. The molecule has 0 bridgehead atoms. The van der Waals surface area contributed by atoms with E-state index in [0.29, 0.717) is 19.1 Å². The Balaban J connectivity index is 1.46. The van der Waals surface area contributed by atoms with Crippen molar-refractivity contribution in [1.82, 2.24) is 20.2 Å². The van der Waals surface area contributed by atoms with E-state index in [9.17, 15) is 9.59 Å². The van der Waals surface area contributed by atoms with Crippen LogP contribution in [0.15, 0.2) is 48.8 Å². The van der Waals surface area contributed by atoms with Crippen molar-refractivity contribution in [2.75, 3.05) is 18.5 Å². The average molecular weight is 476 g/mol. The molecule has 1 saturated carbocycles. The normalized spacial score (nSPS) is 13.4. The fourth-order valence-electron chi connectivity index (χ4n) is 3.78. The molecule has 1 aliphatic rings. The quantitative estimate of drug-likeness (QED) is 0.488. The zero-order chi connectivity index (χ0) is 25.0. The molecule has 1 aliphatic carbocycles. The van der Waals surface area contributed by atoms with E-state index >= 15 is 0 Å². The molecule has 0 unspecified atom stereocenters. The van der Waals surface area contributed by atoms with Gasteiger partial charge in [0.15, 0.2) is 0 Å². The van der Waals surface area contributed by atoms with Gasteiger partial charge in [-0.05, 0) is 68.5 Å². The second-order valence-electron chi connectivity index (χ2n) is 10.0. The topological polar surface area (TPSA) is 96.5 Å². The van der Waals surface area contributed by atoms with Crippen LogP contribution in [-0.2, 0) is 16.1 Å². The van der Waals surface area contributed by atoms with E-state index in [2.05, 4.69) is 44.9 Å². The van der Waals surface area contributed by atoms with Crippen molar-refractivity contribution < 1.29 is 14.3 Å². The van der Waals surface area contributed by atoms with Crippen molar-refractivity contribution in [2.24, 2.45) is 0 Å². The third-order valence-corrected chi connectivity index (χ3v) is 5.70. The van der Waals surface area contributed by atoms with E-state index in [1.807, 2.05) is 39.0 Å². The highest BCUT2D eigenvalue weighted by atomic mass is 16.5. The summed E-state index contributed by atoms with van der Waals surface area (Å²) in [6.45, 7) is 8.06. The fourth-order valence-corrected chi connectivity index (χ4v) is 3.78. The number of benzene rings is 2. The molecule has 0 spiro atoms. The van der Waals surface area contributed by atoms with Crippen molar-refractivity contribution in [3.8, 4) is 11.1 Å². The van der Waals surface area contributed by atoms with Crippen LogP contribution < -0.4 is 10.6 Å². The first kappa shape index (κ1) is 24.4. The molecule has 0 aliphatic heterocycles. The Kier molecular flexibility index (Phi) is 7.19. The molecule has 1 aromatic heterocycles. The highest BCUT2D eigenvalue weighted by Gasteiger charge is 2.22. The number of amides is 2. The third kappa shape index (κ3) is 6.91. The number of nitrogens with zero attached hydrogens (tertiary/aromatic N) is 3. The van der Waals surface area contributed by atoms with Crippen molar-refractivity contribution in [2.45, 2.75) is 58.7 Å². The van der Waals surface area contributed by atoms with Crippen LogP contribution in [0, 0.1) is 0 Å². The summed E-state index contributed by atoms with van der Waals surface area (Å²) in [5.74, 6) is 0.794. The lowest BCUT2D eigenvalue weighted by Crippen LogP contribution is -2.42. The molecular formula is C27H33N5O3. The van der Waals surface area contributed by atoms with Crippen LogP contribution in [0.4, 0.5) is 10.6 Å². The second kappa shape index (κ2) is 10.3. The van der Waals surface area contributed by atoms with Gasteiger partial charge in [0.25, 0.3) is 0 Å². The lowest BCUT2D eigenvalue weighted by atomic mass is 10.0. The van der Waals surface area contributed by atoms with Gasteiger partial charge in [0, 0.05) is 30.4 Å². The first-order valence-electron chi connectivity index (χ1n) is 12.0.